The van der Waals surface area contributed by atoms with Crippen LogP contribution >= 0.6 is 0 Å². The molecule has 0 aliphatic heterocycles. The average molecular weight is 858 g/mol. The van der Waals surface area contributed by atoms with Crippen molar-refractivity contribution in [2.45, 2.75) is 42.4 Å². The summed E-state index contributed by atoms with van der Waals surface area (Å²) >= 11 is 0. The molecule has 0 radical (unpaired) electrons. The number of nitrogens with two attached hydrogens (primary N) is 1. The summed E-state index contributed by atoms with van der Waals surface area (Å²) in [5.74, 6) is 1.81. The number of benzene rings is 4. The van der Waals surface area contributed by atoms with Gasteiger partial charge in [-0.3, -0.25) is 0 Å². The number of hydrogen-bond acceptors (Lipinski definition) is 13. The average Bonchev–Trinajstić information content (AvgIpc) is 3.70. The van der Waals surface area contributed by atoms with E-state index in [1.54, 1.807) is 78.9 Å². The lowest BCUT2D eigenvalue weighted by Gasteiger charge is -2.27. The maximum absolute atomic E-state index is 15.8. The Bertz CT molecular complexity index is 2590. The smallest absolute Gasteiger partial charge is 0.404 e. The molecule has 0 aliphatic carbocycles. The number of pyridine rings is 1. The van der Waals surface area contributed by atoms with Crippen molar-refractivity contribution in [3.8, 4) is 39.8 Å². The van der Waals surface area contributed by atoms with Crippen LogP contribution in [0.2, 0.25) is 0 Å². The summed E-state index contributed by atoms with van der Waals surface area (Å²) in [5, 5.41) is 23.9. The van der Waals surface area contributed by atoms with Crippen LogP contribution in [-0.2, 0) is 39.7 Å². The molecule has 314 valence electrons. The van der Waals surface area contributed by atoms with Crippen molar-refractivity contribution in [2.75, 3.05) is 33.6 Å². The van der Waals surface area contributed by atoms with E-state index in [0.29, 0.717) is 33.9 Å². The van der Waals surface area contributed by atoms with Crippen molar-refractivity contribution in [1.29, 1.82) is 0 Å². The van der Waals surface area contributed by atoms with E-state index in [4.69, 9.17) is 19.9 Å². The Morgan fingerprint density at radius 2 is 1.35 bits per heavy atom. The molecule has 4 aromatic carbocycles. The van der Waals surface area contributed by atoms with E-state index in [2.05, 4.69) is 30.5 Å². The second-order valence-corrected chi connectivity index (χ2v) is 17.0. The van der Waals surface area contributed by atoms with Gasteiger partial charge in [-0.2, -0.15) is 4.31 Å². The van der Waals surface area contributed by atoms with E-state index >= 15 is 8.42 Å². The van der Waals surface area contributed by atoms with Crippen molar-refractivity contribution in [1.82, 2.24) is 39.5 Å². The summed E-state index contributed by atoms with van der Waals surface area (Å²) in [6, 6.07) is 25.4. The quantitative estimate of drug-likeness (QED) is 0.0938. The number of rotatable bonds is 18. The van der Waals surface area contributed by atoms with Gasteiger partial charge in [0.1, 0.15) is 32.9 Å². The first-order chi connectivity index (χ1) is 28.7. The molecule has 2 aromatic heterocycles. The van der Waals surface area contributed by atoms with E-state index in [1.807, 2.05) is 0 Å². The minimum atomic E-state index is -4.93. The van der Waals surface area contributed by atoms with Gasteiger partial charge < -0.3 is 30.4 Å². The van der Waals surface area contributed by atoms with Gasteiger partial charge in [-0.1, -0.05) is 42.5 Å². The summed E-state index contributed by atoms with van der Waals surface area (Å²) in [4.78, 5) is 14.3. The van der Waals surface area contributed by atoms with Gasteiger partial charge >= 0.3 is 6.09 Å². The molecule has 6 rings (SSSR count). The highest BCUT2D eigenvalue weighted by atomic mass is 32.2. The summed E-state index contributed by atoms with van der Waals surface area (Å²) in [7, 11) is -5.13. The molecule has 1 unspecified atom stereocenters. The molecule has 0 bridgehead atoms. The lowest BCUT2D eigenvalue weighted by molar-refractivity contribution is 0.193. The fourth-order valence-electron chi connectivity index (χ4n) is 6.29. The second kappa shape index (κ2) is 18.5. The second-order valence-electron chi connectivity index (χ2n) is 13.5. The maximum atomic E-state index is 15.8. The summed E-state index contributed by atoms with van der Waals surface area (Å²) in [6.07, 6.45) is 0.0604. The molecule has 20 heteroatoms. The standard InChI is InChI=1S/C40H43N9O9S2/c1-26(21-43-40(50)51)45-59(52,53)35-19-18-34(30-11-20-36(41)42-22-30)37(39-44-46-47-49(39)25-29-9-16-33(58-4)17-10-29)38(35)60(54,55)48(23-27-5-12-31(56-2)13-6-27)24-28-7-14-32(57-3)15-8-28/h5-20,22,26,43,45H,21,23-25H2,1-4H3,(H2,41,42)(H,50,51). The number of anilines is 1. The number of carbonyl (C=O) groups is 1. The van der Waals surface area contributed by atoms with Gasteiger partial charge in [0.25, 0.3) is 0 Å². The molecule has 0 saturated heterocycles. The lowest BCUT2D eigenvalue weighted by atomic mass is 10.00. The highest BCUT2D eigenvalue weighted by molar-refractivity contribution is 7.92. The fraction of sp³-hybridized carbons (Fsp3) is 0.225. The van der Waals surface area contributed by atoms with E-state index in [9.17, 15) is 18.3 Å². The third kappa shape index (κ3) is 9.97. The molecule has 6 aromatic rings. The van der Waals surface area contributed by atoms with Crippen LogP contribution in [0.3, 0.4) is 0 Å². The van der Waals surface area contributed by atoms with Crippen LogP contribution in [0.15, 0.2) is 113 Å². The molecule has 0 spiro atoms. The van der Waals surface area contributed by atoms with Crippen LogP contribution in [0, 0.1) is 0 Å². The fourth-order valence-corrected chi connectivity index (χ4v) is 9.94. The van der Waals surface area contributed by atoms with E-state index in [-0.39, 0.29) is 48.9 Å². The first kappa shape index (κ1) is 43.0. The number of aromatic nitrogens is 5. The topological polar surface area (TPSA) is 243 Å². The molecule has 2 heterocycles. The number of hydrogen-bond donors (Lipinski definition) is 4. The molecule has 18 nitrogen and oxygen atoms in total. The minimum Gasteiger partial charge on any atom is -0.497 e. The molecule has 1 atom stereocenters. The number of amides is 1. The monoisotopic (exact) mass is 857 g/mol. The van der Waals surface area contributed by atoms with E-state index in [0.717, 1.165) is 9.87 Å². The van der Waals surface area contributed by atoms with Crippen molar-refractivity contribution in [2.24, 2.45) is 0 Å². The predicted molar refractivity (Wildman–Crippen MR) is 221 cm³/mol. The van der Waals surface area contributed by atoms with Crippen molar-refractivity contribution in [3.63, 3.8) is 0 Å². The van der Waals surface area contributed by atoms with Gasteiger partial charge in [0.05, 0.1) is 33.4 Å². The number of sulfonamides is 2. The van der Waals surface area contributed by atoms with Crippen LogP contribution in [0.4, 0.5) is 10.6 Å². The SMILES string of the molecule is COc1ccc(CN(Cc2ccc(OC)cc2)S(=O)(=O)c2c(S(=O)(=O)NC(C)CNC(=O)O)ccc(-c3ccc(N)nc3)c2-c2nnnn2Cc2ccc(OC)cc2)cc1. The Balaban J connectivity index is 1.64. The molecular weight excluding hydrogens is 815 g/mol. The predicted octanol–water partition coefficient (Wildman–Crippen LogP) is 4.38. The third-order valence-electron chi connectivity index (χ3n) is 9.30. The molecule has 0 saturated carbocycles. The van der Waals surface area contributed by atoms with Gasteiger partial charge in [0.15, 0.2) is 5.82 Å². The highest BCUT2D eigenvalue weighted by Crippen LogP contribution is 2.42. The zero-order valence-corrected chi connectivity index (χ0v) is 34.6. The summed E-state index contributed by atoms with van der Waals surface area (Å²) < 4.78 is 81.8. The third-order valence-corrected chi connectivity index (χ3v) is 12.9. The number of methoxy groups -OCH3 is 3. The first-order valence-corrected chi connectivity index (χ1v) is 21.2. The number of nitrogens with one attached hydrogen (secondary N) is 2. The molecule has 0 aliphatic rings. The summed E-state index contributed by atoms with van der Waals surface area (Å²) in [5.41, 5.74) is 8.26. The number of tetrazole rings is 1. The van der Waals surface area contributed by atoms with Crippen LogP contribution < -0.4 is 30.0 Å². The maximum Gasteiger partial charge on any atom is 0.404 e. The van der Waals surface area contributed by atoms with Crippen molar-refractivity contribution >= 4 is 32.0 Å². The molecular formula is C40H43N9O9S2. The Morgan fingerprint density at radius 3 is 1.85 bits per heavy atom. The summed E-state index contributed by atoms with van der Waals surface area (Å²) in [6.45, 7) is 0.730. The minimum absolute atomic E-state index is 0.0414. The molecule has 5 N–H and O–H groups in total. The number of ether oxygens (including phenoxy) is 3. The van der Waals surface area contributed by atoms with E-state index < -0.39 is 42.0 Å². The van der Waals surface area contributed by atoms with Gasteiger partial charge in [-0.25, -0.2) is 36.0 Å². The van der Waals surface area contributed by atoms with Crippen LogP contribution in [-0.4, -0.2) is 91.4 Å². The Kier molecular flexibility index (Phi) is 13.3. The van der Waals surface area contributed by atoms with Gasteiger partial charge in [0.2, 0.25) is 20.0 Å². The number of carboxylic acid groups (broad SMARTS) is 1. The first-order valence-electron chi connectivity index (χ1n) is 18.3. The Hall–Kier alpha value is -6.61. The van der Waals surface area contributed by atoms with Gasteiger partial charge in [-0.15, -0.1) is 5.10 Å². The van der Waals surface area contributed by atoms with Crippen molar-refractivity contribution < 1.29 is 40.9 Å². The Morgan fingerprint density at radius 1 is 0.800 bits per heavy atom. The largest absolute Gasteiger partial charge is 0.497 e. The zero-order chi connectivity index (χ0) is 43.0. The molecule has 1 amide bonds. The zero-order valence-electron chi connectivity index (χ0n) is 33.0. The van der Waals surface area contributed by atoms with Crippen molar-refractivity contribution in [3.05, 3.63) is 120 Å². The van der Waals surface area contributed by atoms with Crippen LogP contribution in [0.5, 0.6) is 17.2 Å². The normalized spacial score (nSPS) is 12.2. The van der Waals surface area contributed by atoms with E-state index in [1.165, 1.54) is 57.3 Å². The molecule has 0 fully saturated rings. The van der Waals surface area contributed by atoms with Gasteiger partial charge in [-0.05, 0) is 94.2 Å². The van der Waals surface area contributed by atoms with Crippen LogP contribution in [0.25, 0.3) is 22.5 Å². The highest BCUT2D eigenvalue weighted by Gasteiger charge is 2.38. The van der Waals surface area contributed by atoms with Crippen LogP contribution in [0.1, 0.15) is 23.6 Å². The number of nitrogen functional groups attached to an aromatic ring is 1. The number of nitrogens with zero attached hydrogens (tertiary/aromatic N) is 6. The Labute approximate surface area is 347 Å². The molecule has 60 heavy (non-hydrogen) atoms. The van der Waals surface area contributed by atoms with Gasteiger partial charge in [0, 0.05) is 37.4 Å². The lowest BCUT2D eigenvalue weighted by Crippen LogP contribution is -2.42.